The number of nitrogens with one attached hydrogen (secondary N) is 1. The Morgan fingerprint density at radius 1 is 1.44 bits per heavy atom. The van der Waals surface area contributed by atoms with Gasteiger partial charge in [0.15, 0.2) is 5.13 Å². The van der Waals surface area contributed by atoms with Crippen molar-refractivity contribution in [1.82, 2.24) is 4.98 Å². The molecule has 1 unspecified atom stereocenters. The SMILES string of the molecule is CC(C)CNc1nc2c(s1)CC(C(F)(F)F)CC2. The lowest BCUT2D eigenvalue weighted by Crippen LogP contribution is -2.28. The number of fused-ring (bicyclic) bond motifs is 1. The van der Waals surface area contributed by atoms with Gasteiger partial charge in [-0.25, -0.2) is 4.98 Å². The molecule has 0 aromatic carbocycles. The van der Waals surface area contributed by atoms with Crippen molar-refractivity contribution in [2.45, 2.75) is 39.3 Å². The highest BCUT2D eigenvalue weighted by atomic mass is 32.1. The van der Waals surface area contributed by atoms with Gasteiger partial charge in [-0.15, -0.1) is 11.3 Å². The molecule has 1 aromatic heterocycles. The first-order valence-corrected chi connectivity index (χ1v) is 6.97. The van der Waals surface area contributed by atoms with Crippen LogP contribution in [0.25, 0.3) is 0 Å². The van der Waals surface area contributed by atoms with Crippen LogP contribution in [0.5, 0.6) is 0 Å². The molecular formula is C12H17F3N2S. The maximum absolute atomic E-state index is 12.7. The number of hydrogen-bond acceptors (Lipinski definition) is 3. The topological polar surface area (TPSA) is 24.9 Å². The van der Waals surface area contributed by atoms with E-state index in [1.54, 1.807) is 0 Å². The number of halogens is 3. The number of nitrogens with zero attached hydrogens (tertiary/aromatic N) is 1. The van der Waals surface area contributed by atoms with Crippen LogP contribution in [0.4, 0.5) is 18.3 Å². The van der Waals surface area contributed by atoms with Crippen molar-refractivity contribution in [2.24, 2.45) is 11.8 Å². The van der Waals surface area contributed by atoms with E-state index < -0.39 is 12.1 Å². The number of thiazole rings is 1. The van der Waals surface area contributed by atoms with Gasteiger partial charge in [0.25, 0.3) is 0 Å². The number of alkyl halides is 3. The highest BCUT2D eigenvalue weighted by Gasteiger charge is 2.42. The summed E-state index contributed by atoms with van der Waals surface area (Å²) in [5.74, 6) is -0.697. The van der Waals surface area contributed by atoms with Gasteiger partial charge in [0.1, 0.15) is 0 Å². The Hall–Kier alpha value is -0.780. The molecule has 0 saturated carbocycles. The van der Waals surface area contributed by atoms with Crippen LogP contribution in [0.3, 0.4) is 0 Å². The lowest BCUT2D eigenvalue weighted by molar-refractivity contribution is -0.176. The third-order valence-electron chi connectivity index (χ3n) is 3.06. The first-order valence-electron chi connectivity index (χ1n) is 6.15. The van der Waals surface area contributed by atoms with E-state index in [0.717, 1.165) is 22.2 Å². The molecule has 18 heavy (non-hydrogen) atoms. The number of aryl methyl sites for hydroxylation is 1. The highest BCUT2D eigenvalue weighted by molar-refractivity contribution is 7.15. The summed E-state index contributed by atoms with van der Waals surface area (Å²) in [7, 11) is 0. The monoisotopic (exact) mass is 278 g/mol. The average molecular weight is 278 g/mol. The third kappa shape index (κ3) is 3.16. The second kappa shape index (κ2) is 5.07. The molecule has 2 rings (SSSR count). The third-order valence-corrected chi connectivity index (χ3v) is 4.14. The molecular weight excluding hydrogens is 261 g/mol. The van der Waals surface area contributed by atoms with E-state index in [1.807, 2.05) is 0 Å². The van der Waals surface area contributed by atoms with Crippen molar-refractivity contribution >= 4 is 16.5 Å². The fourth-order valence-corrected chi connectivity index (χ4v) is 3.12. The maximum Gasteiger partial charge on any atom is 0.392 e. The standard InChI is InChI=1S/C12H17F3N2S/c1-7(2)6-16-11-17-9-4-3-8(12(13,14)15)5-10(9)18-11/h7-8H,3-6H2,1-2H3,(H,16,17). The molecule has 2 nitrogen and oxygen atoms in total. The number of aromatic nitrogens is 1. The first-order chi connectivity index (χ1) is 8.36. The van der Waals surface area contributed by atoms with E-state index in [-0.39, 0.29) is 12.8 Å². The molecule has 1 aliphatic carbocycles. The van der Waals surface area contributed by atoms with Crippen molar-refractivity contribution in [3.8, 4) is 0 Å². The van der Waals surface area contributed by atoms with E-state index in [4.69, 9.17) is 0 Å². The molecule has 1 aromatic rings. The zero-order valence-corrected chi connectivity index (χ0v) is 11.3. The summed E-state index contributed by atoms with van der Waals surface area (Å²) in [5.41, 5.74) is 0.853. The van der Waals surface area contributed by atoms with Crippen molar-refractivity contribution in [2.75, 3.05) is 11.9 Å². The molecule has 0 bridgehead atoms. The van der Waals surface area contributed by atoms with Gasteiger partial charge in [-0.1, -0.05) is 13.8 Å². The quantitative estimate of drug-likeness (QED) is 0.907. The van der Waals surface area contributed by atoms with Crippen molar-refractivity contribution in [1.29, 1.82) is 0 Å². The van der Waals surface area contributed by atoms with Crippen LogP contribution in [0, 0.1) is 11.8 Å². The van der Waals surface area contributed by atoms with Crippen LogP contribution in [-0.2, 0) is 12.8 Å². The molecule has 1 heterocycles. The number of hydrogen-bond donors (Lipinski definition) is 1. The summed E-state index contributed by atoms with van der Waals surface area (Å²) in [6.45, 7) is 4.97. The van der Waals surface area contributed by atoms with Crippen LogP contribution in [0.1, 0.15) is 30.8 Å². The molecule has 1 aliphatic rings. The summed E-state index contributed by atoms with van der Waals surface area (Å²) >= 11 is 1.37. The molecule has 6 heteroatoms. The van der Waals surface area contributed by atoms with Gasteiger partial charge < -0.3 is 5.32 Å². The van der Waals surface area contributed by atoms with Gasteiger partial charge in [-0.2, -0.15) is 13.2 Å². The minimum atomic E-state index is -4.08. The van der Waals surface area contributed by atoms with E-state index in [9.17, 15) is 13.2 Å². The van der Waals surface area contributed by atoms with Gasteiger partial charge in [-0.05, 0) is 25.2 Å². The molecule has 0 radical (unpaired) electrons. The molecule has 102 valence electrons. The summed E-state index contributed by atoms with van der Waals surface area (Å²) in [5, 5.41) is 3.94. The van der Waals surface area contributed by atoms with E-state index in [0.29, 0.717) is 12.3 Å². The second-order valence-electron chi connectivity index (χ2n) is 5.14. The van der Waals surface area contributed by atoms with E-state index in [1.165, 1.54) is 11.3 Å². The minimum absolute atomic E-state index is 0.0971. The Kier molecular flexibility index (Phi) is 3.84. The van der Waals surface area contributed by atoms with Gasteiger partial charge in [0.05, 0.1) is 11.6 Å². The Balaban J connectivity index is 2.05. The molecule has 1 atom stereocenters. The predicted octanol–water partition coefficient (Wildman–Crippen LogP) is 3.88. The fourth-order valence-electron chi connectivity index (χ4n) is 2.02. The van der Waals surface area contributed by atoms with E-state index in [2.05, 4.69) is 24.1 Å². The zero-order chi connectivity index (χ0) is 13.3. The van der Waals surface area contributed by atoms with Crippen molar-refractivity contribution in [3.05, 3.63) is 10.6 Å². The fraction of sp³-hybridized carbons (Fsp3) is 0.750. The highest BCUT2D eigenvalue weighted by Crippen LogP contribution is 2.39. The number of anilines is 1. The Morgan fingerprint density at radius 2 is 2.17 bits per heavy atom. The molecule has 1 N–H and O–H groups in total. The molecule has 0 spiro atoms. The summed E-state index contributed by atoms with van der Waals surface area (Å²) in [4.78, 5) is 5.18. The molecule has 0 amide bonds. The Labute approximate surface area is 109 Å². The second-order valence-corrected chi connectivity index (χ2v) is 6.23. The minimum Gasteiger partial charge on any atom is -0.361 e. The van der Waals surface area contributed by atoms with Crippen LogP contribution in [-0.4, -0.2) is 17.7 Å². The van der Waals surface area contributed by atoms with Crippen LogP contribution in [0.15, 0.2) is 0 Å². The number of rotatable bonds is 3. The molecule has 0 fully saturated rings. The predicted molar refractivity (Wildman–Crippen MR) is 67.0 cm³/mol. The lowest BCUT2D eigenvalue weighted by Gasteiger charge is -2.23. The summed E-state index contributed by atoms with van der Waals surface area (Å²) in [6, 6.07) is 0. The van der Waals surface area contributed by atoms with Crippen molar-refractivity contribution < 1.29 is 13.2 Å². The van der Waals surface area contributed by atoms with Gasteiger partial charge in [0.2, 0.25) is 0 Å². The molecule has 0 saturated heterocycles. The van der Waals surface area contributed by atoms with Crippen molar-refractivity contribution in [3.63, 3.8) is 0 Å². The van der Waals surface area contributed by atoms with Gasteiger partial charge in [0, 0.05) is 11.4 Å². The summed E-state index contributed by atoms with van der Waals surface area (Å²) in [6.07, 6.45) is -3.36. The van der Waals surface area contributed by atoms with Crippen LogP contribution >= 0.6 is 11.3 Å². The summed E-state index contributed by atoms with van der Waals surface area (Å²) < 4.78 is 38.0. The molecule has 0 aliphatic heterocycles. The van der Waals surface area contributed by atoms with Gasteiger partial charge >= 0.3 is 6.18 Å². The maximum atomic E-state index is 12.7. The smallest absolute Gasteiger partial charge is 0.361 e. The zero-order valence-electron chi connectivity index (χ0n) is 10.5. The van der Waals surface area contributed by atoms with E-state index >= 15 is 0 Å². The Morgan fingerprint density at radius 3 is 2.78 bits per heavy atom. The first kappa shape index (κ1) is 13.6. The van der Waals surface area contributed by atoms with Gasteiger partial charge in [-0.3, -0.25) is 0 Å². The normalized spacial score (nSPS) is 20.0. The lowest BCUT2D eigenvalue weighted by atomic mass is 9.91. The largest absolute Gasteiger partial charge is 0.392 e. The average Bonchev–Trinajstić information content (AvgIpc) is 2.66. The Bertz CT molecular complexity index is 412. The van der Waals surface area contributed by atoms with Crippen LogP contribution < -0.4 is 5.32 Å². The van der Waals surface area contributed by atoms with Crippen LogP contribution in [0.2, 0.25) is 0 Å².